The third-order valence-corrected chi connectivity index (χ3v) is 3.99. The summed E-state index contributed by atoms with van der Waals surface area (Å²) < 4.78 is 0. The maximum absolute atomic E-state index is 4.65. The molecule has 2 atom stereocenters. The first-order valence-electron chi connectivity index (χ1n) is 7.94. The Labute approximate surface area is 125 Å². The molecule has 0 aliphatic rings. The highest BCUT2D eigenvalue weighted by atomic mass is 14.9. The van der Waals surface area contributed by atoms with Gasteiger partial charge in [-0.3, -0.25) is 4.98 Å². The zero-order valence-corrected chi connectivity index (χ0v) is 14.3. The molecule has 1 aromatic heterocycles. The van der Waals surface area contributed by atoms with Crippen LogP contribution in [0.1, 0.15) is 72.1 Å². The minimum absolute atomic E-state index is 0.150. The molecule has 0 saturated carbocycles. The lowest BCUT2D eigenvalue weighted by molar-refractivity contribution is 0.348. The summed E-state index contributed by atoms with van der Waals surface area (Å²) in [7, 11) is 0. The van der Waals surface area contributed by atoms with Crippen molar-refractivity contribution in [3.05, 3.63) is 29.6 Å². The van der Waals surface area contributed by atoms with Gasteiger partial charge < -0.3 is 5.32 Å². The fourth-order valence-corrected chi connectivity index (χ4v) is 2.70. The zero-order chi connectivity index (χ0) is 15.3. The molecule has 2 unspecified atom stereocenters. The molecule has 1 rings (SSSR count). The maximum atomic E-state index is 4.65. The Bertz CT molecular complexity index is 404. The van der Waals surface area contributed by atoms with E-state index in [2.05, 4.69) is 70.9 Å². The van der Waals surface area contributed by atoms with E-state index in [0.29, 0.717) is 17.8 Å². The van der Waals surface area contributed by atoms with Gasteiger partial charge in [-0.05, 0) is 50.3 Å². The van der Waals surface area contributed by atoms with Gasteiger partial charge in [-0.15, -0.1) is 0 Å². The summed E-state index contributed by atoms with van der Waals surface area (Å²) in [6, 6.07) is 4.41. The second-order valence-corrected chi connectivity index (χ2v) is 7.35. The van der Waals surface area contributed by atoms with Crippen molar-refractivity contribution in [3.63, 3.8) is 0 Å². The minimum atomic E-state index is 0.150. The van der Waals surface area contributed by atoms with Crippen LogP contribution in [0.4, 0.5) is 0 Å². The van der Waals surface area contributed by atoms with Gasteiger partial charge in [-0.2, -0.15) is 0 Å². The lowest BCUT2D eigenvalue weighted by atomic mass is 9.80. The summed E-state index contributed by atoms with van der Waals surface area (Å²) in [5.41, 5.74) is 2.74. The van der Waals surface area contributed by atoms with Crippen molar-refractivity contribution in [3.8, 4) is 0 Å². The standard InChI is InChI=1S/C18H32N2/c1-8-14(4)17(13(2)3)16-11-15(9-10-19-16)12-20-18(5,6)7/h9-11,13-14,17,20H,8,12H2,1-7H3. The van der Waals surface area contributed by atoms with Crippen molar-refractivity contribution in [2.75, 3.05) is 0 Å². The van der Waals surface area contributed by atoms with Crippen LogP contribution in [0, 0.1) is 11.8 Å². The number of nitrogens with zero attached hydrogens (tertiary/aromatic N) is 1. The summed E-state index contributed by atoms with van der Waals surface area (Å²) in [4.78, 5) is 4.65. The lowest BCUT2D eigenvalue weighted by Gasteiger charge is -2.27. The van der Waals surface area contributed by atoms with Crippen LogP contribution in [0.5, 0.6) is 0 Å². The summed E-state index contributed by atoms with van der Waals surface area (Å²) in [6.45, 7) is 16.7. The van der Waals surface area contributed by atoms with E-state index in [-0.39, 0.29) is 5.54 Å². The molecule has 20 heavy (non-hydrogen) atoms. The van der Waals surface area contributed by atoms with Crippen molar-refractivity contribution in [1.82, 2.24) is 10.3 Å². The van der Waals surface area contributed by atoms with Crippen LogP contribution in [-0.2, 0) is 6.54 Å². The smallest absolute Gasteiger partial charge is 0.0442 e. The largest absolute Gasteiger partial charge is 0.308 e. The lowest BCUT2D eigenvalue weighted by Crippen LogP contribution is -2.35. The van der Waals surface area contributed by atoms with E-state index in [0.717, 1.165) is 6.54 Å². The number of hydrogen-bond acceptors (Lipinski definition) is 2. The van der Waals surface area contributed by atoms with E-state index in [1.54, 1.807) is 0 Å². The van der Waals surface area contributed by atoms with Gasteiger partial charge >= 0.3 is 0 Å². The van der Waals surface area contributed by atoms with Crippen molar-refractivity contribution >= 4 is 0 Å². The van der Waals surface area contributed by atoms with Gasteiger partial charge in [0.05, 0.1) is 0 Å². The Hall–Kier alpha value is -0.890. The third-order valence-electron chi connectivity index (χ3n) is 3.99. The quantitative estimate of drug-likeness (QED) is 0.810. The van der Waals surface area contributed by atoms with Crippen molar-refractivity contribution in [1.29, 1.82) is 0 Å². The molecule has 0 saturated heterocycles. The summed E-state index contributed by atoms with van der Waals surface area (Å²) in [6.07, 6.45) is 3.17. The van der Waals surface area contributed by atoms with Gasteiger partial charge in [0, 0.05) is 29.9 Å². The third kappa shape index (κ3) is 5.24. The molecule has 2 heteroatoms. The van der Waals surface area contributed by atoms with Gasteiger partial charge in [0.15, 0.2) is 0 Å². The molecule has 1 N–H and O–H groups in total. The molecule has 0 aromatic carbocycles. The van der Waals surface area contributed by atoms with Crippen LogP contribution < -0.4 is 5.32 Å². The van der Waals surface area contributed by atoms with Gasteiger partial charge in [0.1, 0.15) is 0 Å². The molecule has 1 aromatic rings. The number of aromatic nitrogens is 1. The average Bonchev–Trinajstić information content (AvgIpc) is 2.35. The van der Waals surface area contributed by atoms with Gasteiger partial charge in [0.25, 0.3) is 0 Å². The van der Waals surface area contributed by atoms with E-state index in [1.807, 2.05) is 6.20 Å². The second kappa shape index (κ2) is 7.21. The average molecular weight is 276 g/mol. The van der Waals surface area contributed by atoms with E-state index in [1.165, 1.54) is 17.7 Å². The second-order valence-electron chi connectivity index (χ2n) is 7.35. The van der Waals surface area contributed by atoms with Crippen LogP contribution in [0.3, 0.4) is 0 Å². The highest BCUT2D eigenvalue weighted by molar-refractivity contribution is 5.20. The van der Waals surface area contributed by atoms with Gasteiger partial charge in [0.2, 0.25) is 0 Å². The fourth-order valence-electron chi connectivity index (χ4n) is 2.70. The highest BCUT2D eigenvalue weighted by Gasteiger charge is 2.23. The van der Waals surface area contributed by atoms with Crippen LogP contribution >= 0.6 is 0 Å². The number of nitrogens with one attached hydrogen (secondary N) is 1. The Morgan fingerprint density at radius 3 is 2.35 bits per heavy atom. The monoisotopic (exact) mass is 276 g/mol. The predicted molar refractivity (Wildman–Crippen MR) is 87.9 cm³/mol. The Kier molecular flexibility index (Phi) is 6.19. The molecule has 0 bridgehead atoms. The van der Waals surface area contributed by atoms with Crippen LogP contribution in [-0.4, -0.2) is 10.5 Å². The van der Waals surface area contributed by atoms with Gasteiger partial charge in [-0.25, -0.2) is 0 Å². The van der Waals surface area contributed by atoms with Gasteiger partial charge in [-0.1, -0.05) is 34.1 Å². The molecule has 0 aliphatic heterocycles. The van der Waals surface area contributed by atoms with Crippen molar-refractivity contribution < 1.29 is 0 Å². The normalized spacial score (nSPS) is 15.4. The van der Waals surface area contributed by atoms with E-state index >= 15 is 0 Å². The first kappa shape index (κ1) is 17.2. The first-order chi connectivity index (χ1) is 9.24. The first-order valence-corrected chi connectivity index (χ1v) is 7.94. The molecule has 0 amide bonds. The molecule has 0 spiro atoms. The predicted octanol–water partition coefficient (Wildman–Crippen LogP) is 4.76. The van der Waals surface area contributed by atoms with Crippen LogP contribution in [0.15, 0.2) is 18.3 Å². The molecule has 0 radical (unpaired) electrons. The zero-order valence-electron chi connectivity index (χ0n) is 14.3. The molecular weight excluding hydrogens is 244 g/mol. The Balaban J connectivity index is 2.90. The van der Waals surface area contributed by atoms with E-state index in [9.17, 15) is 0 Å². The summed E-state index contributed by atoms with van der Waals surface area (Å²) in [5.74, 6) is 1.85. The minimum Gasteiger partial charge on any atom is -0.308 e. The molecule has 114 valence electrons. The summed E-state index contributed by atoms with van der Waals surface area (Å²) >= 11 is 0. The van der Waals surface area contributed by atoms with Crippen LogP contribution in [0.25, 0.3) is 0 Å². The molecule has 0 fully saturated rings. The SMILES string of the molecule is CCC(C)C(c1cc(CNC(C)(C)C)ccn1)C(C)C. The maximum Gasteiger partial charge on any atom is 0.0442 e. The number of hydrogen-bond donors (Lipinski definition) is 1. The van der Waals surface area contributed by atoms with E-state index in [4.69, 9.17) is 0 Å². The van der Waals surface area contributed by atoms with Crippen LogP contribution in [0.2, 0.25) is 0 Å². The van der Waals surface area contributed by atoms with Crippen molar-refractivity contribution in [2.24, 2.45) is 11.8 Å². The molecule has 1 heterocycles. The Morgan fingerprint density at radius 1 is 1.20 bits per heavy atom. The Morgan fingerprint density at radius 2 is 1.85 bits per heavy atom. The number of rotatable bonds is 6. The summed E-state index contributed by atoms with van der Waals surface area (Å²) in [5, 5.41) is 3.55. The topological polar surface area (TPSA) is 24.9 Å². The van der Waals surface area contributed by atoms with E-state index < -0.39 is 0 Å². The highest BCUT2D eigenvalue weighted by Crippen LogP contribution is 2.32. The number of pyridine rings is 1. The molecule has 2 nitrogen and oxygen atoms in total. The molecular formula is C18H32N2. The molecule has 0 aliphatic carbocycles. The van der Waals surface area contributed by atoms with Crippen molar-refractivity contribution in [2.45, 2.75) is 72.9 Å². The fraction of sp³-hybridized carbons (Fsp3) is 0.722.